The summed E-state index contributed by atoms with van der Waals surface area (Å²) in [7, 11) is -3.64. The molecule has 168 valence electrons. The molecule has 6 nitrogen and oxygen atoms in total. The number of carbonyl (C=O) groups excluding carboxylic acids is 1. The minimum Gasteiger partial charge on any atom is -0.328 e. The van der Waals surface area contributed by atoms with Crippen molar-refractivity contribution in [1.82, 2.24) is 14.7 Å². The number of hydrogen-bond acceptors (Lipinski definition) is 4. The van der Waals surface area contributed by atoms with Crippen molar-refractivity contribution in [2.45, 2.75) is 30.7 Å². The standard InChI is InChI=1S/C21H17F4N3O3S/c1-32(30,31)16-5-6-17(13-3-2-4-15(22)7-13)18(8-16)20(29)27-10-14-9-26-28(19(14)11-27)12-21(23,24)25/h2-9H,10-12H2,1H3. The first kappa shape index (κ1) is 22.0. The lowest BCUT2D eigenvalue weighted by atomic mass is 9.98. The Hall–Kier alpha value is -3.21. The van der Waals surface area contributed by atoms with E-state index < -0.39 is 34.3 Å². The van der Waals surface area contributed by atoms with Gasteiger partial charge in [-0.1, -0.05) is 18.2 Å². The van der Waals surface area contributed by atoms with Crippen LogP contribution in [0.5, 0.6) is 0 Å². The Labute approximate surface area is 181 Å². The average Bonchev–Trinajstić information content (AvgIpc) is 3.27. The highest BCUT2D eigenvalue weighted by molar-refractivity contribution is 7.90. The van der Waals surface area contributed by atoms with Gasteiger partial charge < -0.3 is 4.90 Å². The van der Waals surface area contributed by atoms with Gasteiger partial charge in [0.15, 0.2) is 9.84 Å². The highest BCUT2D eigenvalue weighted by atomic mass is 32.2. The molecule has 0 aliphatic carbocycles. The normalized spacial score (nSPS) is 14.0. The summed E-state index contributed by atoms with van der Waals surface area (Å²) in [6.45, 7) is -1.36. The van der Waals surface area contributed by atoms with Crippen molar-refractivity contribution in [3.8, 4) is 11.1 Å². The van der Waals surface area contributed by atoms with Gasteiger partial charge in [-0.05, 0) is 35.4 Å². The van der Waals surface area contributed by atoms with Crippen molar-refractivity contribution >= 4 is 15.7 Å². The van der Waals surface area contributed by atoms with E-state index in [1.807, 2.05) is 0 Å². The van der Waals surface area contributed by atoms with E-state index in [9.17, 15) is 30.8 Å². The summed E-state index contributed by atoms with van der Waals surface area (Å²) >= 11 is 0. The van der Waals surface area contributed by atoms with Gasteiger partial charge in [-0.2, -0.15) is 18.3 Å². The summed E-state index contributed by atoms with van der Waals surface area (Å²) in [6, 6.07) is 9.45. The molecule has 0 saturated heterocycles. The van der Waals surface area contributed by atoms with E-state index in [1.54, 1.807) is 6.07 Å². The van der Waals surface area contributed by atoms with Crippen molar-refractivity contribution in [3.05, 3.63) is 71.3 Å². The molecule has 32 heavy (non-hydrogen) atoms. The molecule has 1 amide bonds. The Morgan fingerprint density at radius 2 is 1.88 bits per heavy atom. The van der Waals surface area contributed by atoms with Crippen LogP contribution in [0.4, 0.5) is 17.6 Å². The van der Waals surface area contributed by atoms with Crippen LogP contribution < -0.4 is 0 Å². The van der Waals surface area contributed by atoms with Crippen molar-refractivity contribution in [2.24, 2.45) is 0 Å². The van der Waals surface area contributed by atoms with Gasteiger partial charge >= 0.3 is 6.18 Å². The maximum atomic E-state index is 13.8. The molecule has 1 aromatic heterocycles. The van der Waals surface area contributed by atoms with Gasteiger partial charge in [0.2, 0.25) is 0 Å². The Kier molecular flexibility index (Phi) is 5.32. The van der Waals surface area contributed by atoms with Gasteiger partial charge in [0.25, 0.3) is 5.91 Å². The number of fused-ring (bicyclic) bond motifs is 1. The molecule has 0 saturated carbocycles. The molecule has 1 aliphatic heterocycles. The lowest BCUT2D eigenvalue weighted by molar-refractivity contribution is -0.143. The highest BCUT2D eigenvalue weighted by Crippen LogP contribution is 2.32. The van der Waals surface area contributed by atoms with Crippen molar-refractivity contribution in [2.75, 3.05) is 6.26 Å². The zero-order chi connectivity index (χ0) is 23.3. The molecule has 2 heterocycles. The minimum atomic E-state index is -4.47. The Morgan fingerprint density at radius 3 is 2.53 bits per heavy atom. The number of sulfone groups is 1. The second-order valence-electron chi connectivity index (χ2n) is 7.54. The second-order valence-corrected chi connectivity index (χ2v) is 9.56. The largest absolute Gasteiger partial charge is 0.408 e. The molecule has 0 radical (unpaired) electrons. The predicted octanol–water partition coefficient (Wildman–Crippen LogP) is 3.81. The number of benzene rings is 2. The van der Waals surface area contributed by atoms with Crippen LogP contribution in [0.1, 0.15) is 21.6 Å². The molecule has 1 aliphatic rings. The van der Waals surface area contributed by atoms with Crippen LogP contribution in [0.2, 0.25) is 0 Å². The molecule has 0 spiro atoms. The minimum absolute atomic E-state index is 0.0130. The second kappa shape index (κ2) is 7.73. The molecule has 3 aromatic rings. The average molecular weight is 467 g/mol. The number of nitrogens with zero attached hydrogens (tertiary/aromatic N) is 3. The van der Waals surface area contributed by atoms with Crippen LogP contribution in [0.3, 0.4) is 0 Å². The van der Waals surface area contributed by atoms with E-state index in [0.717, 1.165) is 10.9 Å². The zero-order valence-corrected chi connectivity index (χ0v) is 17.5. The SMILES string of the molecule is CS(=O)(=O)c1ccc(-c2cccc(F)c2)c(C(=O)N2Cc3cnn(CC(F)(F)F)c3C2)c1. The molecule has 4 rings (SSSR count). The maximum Gasteiger partial charge on any atom is 0.408 e. The number of halogens is 4. The summed E-state index contributed by atoms with van der Waals surface area (Å²) in [4.78, 5) is 14.6. The van der Waals surface area contributed by atoms with E-state index >= 15 is 0 Å². The van der Waals surface area contributed by atoms with Gasteiger partial charge in [-0.25, -0.2) is 12.8 Å². The summed E-state index contributed by atoms with van der Waals surface area (Å²) in [5, 5.41) is 3.75. The number of alkyl halides is 3. The van der Waals surface area contributed by atoms with Crippen LogP contribution in [0, 0.1) is 5.82 Å². The lowest BCUT2D eigenvalue weighted by Crippen LogP contribution is -2.28. The number of aromatic nitrogens is 2. The number of rotatable bonds is 4. The van der Waals surface area contributed by atoms with Crippen molar-refractivity contribution in [3.63, 3.8) is 0 Å². The van der Waals surface area contributed by atoms with E-state index in [-0.39, 0.29) is 29.2 Å². The predicted molar refractivity (Wildman–Crippen MR) is 107 cm³/mol. The fourth-order valence-corrected chi connectivity index (χ4v) is 4.31. The van der Waals surface area contributed by atoms with E-state index in [0.29, 0.717) is 16.7 Å². The topological polar surface area (TPSA) is 72.3 Å². The van der Waals surface area contributed by atoms with Gasteiger partial charge in [-0.15, -0.1) is 0 Å². The number of hydrogen-bond donors (Lipinski definition) is 0. The third kappa shape index (κ3) is 4.38. The van der Waals surface area contributed by atoms with Crippen molar-refractivity contribution in [1.29, 1.82) is 0 Å². The van der Waals surface area contributed by atoms with E-state index in [2.05, 4.69) is 5.10 Å². The quantitative estimate of drug-likeness (QED) is 0.547. The fraction of sp³-hybridized carbons (Fsp3) is 0.238. The highest BCUT2D eigenvalue weighted by Gasteiger charge is 2.34. The van der Waals surface area contributed by atoms with Crippen LogP contribution in [0.15, 0.2) is 53.6 Å². The molecule has 0 unspecified atom stereocenters. The third-order valence-electron chi connectivity index (χ3n) is 5.14. The molecule has 0 N–H and O–H groups in total. The van der Waals surface area contributed by atoms with E-state index in [4.69, 9.17) is 0 Å². The first-order chi connectivity index (χ1) is 14.9. The lowest BCUT2D eigenvalue weighted by Gasteiger charge is -2.19. The third-order valence-corrected chi connectivity index (χ3v) is 6.25. The molecular weight excluding hydrogens is 450 g/mol. The van der Waals surface area contributed by atoms with Crippen LogP contribution in [-0.2, 0) is 29.5 Å². The van der Waals surface area contributed by atoms with Crippen LogP contribution in [-0.4, -0.2) is 41.4 Å². The van der Waals surface area contributed by atoms with Gasteiger partial charge in [0.1, 0.15) is 12.4 Å². The molecule has 0 bridgehead atoms. The maximum absolute atomic E-state index is 13.8. The Morgan fingerprint density at radius 1 is 1.12 bits per heavy atom. The molecule has 2 aromatic carbocycles. The zero-order valence-electron chi connectivity index (χ0n) is 16.7. The first-order valence-electron chi connectivity index (χ1n) is 9.42. The van der Waals surface area contributed by atoms with Gasteiger partial charge in [0, 0.05) is 23.9 Å². The summed E-state index contributed by atoms with van der Waals surface area (Å²) in [5.74, 6) is -1.11. The first-order valence-corrected chi connectivity index (χ1v) is 11.3. The smallest absolute Gasteiger partial charge is 0.328 e. The summed E-state index contributed by atoms with van der Waals surface area (Å²) in [6.07, 6.45) is -2.18. The van der Waals surface area contributed by atoms with Crippen molar-refractivity contribution < 1.29 is 30.8 Å². The number of amides is 1. The molecule has 0 fully saturated rings. The number of carbonyl (C=O) groups is 1. The van der Waals surface area contributed by atoms with Gasteiger partial charge in [0.05, 0.1) is 23.3 Å². The van der Waals surface area contributed by atoms with E-state index in [1.165, 1.54) is 47.5 Å². The Bertz CT molecular complexity index is 1320. The Balaban J connectivity index is 1.73. The summed E-state index contributed by atoms with van der Waals surface area (Å²) < 4.78 is 77.1. The van der Waals surface area contributed by atoms with Crippen LogP contribution in [0.25, 0.3) is 11.1 Å². The molecule has 11 heteroatoms. The molecular formula is C21H17F4N3O3S. The molecule has 0 atom stereocenters. The summed E-state index contributed by atoms with van der Waals surface area (Å²) in [5.41, 5.74) is 1.44. The van der Waals surface area contributed by atoms with Crippen LogP contribution >= 0.6 is 0 Å². The monoisotopic (exact) mass is 467 g/mol. The van der Waals surface area contributed by atoms with Gasteiger partial charge in [-0.3, -0.25) is 9.48 Å². The fourth-order valence-electron chi connectivity index (χ4n) is 3.67.